The Labute approximate surface area is 197 Å². The molecule has 3 rings (SSSR count). The third-order valence-electron chi connectivity index (χ3n) is 5.02. The number of hydrogen-bond acceptors (Lipinski definition) is 6. The Morgan fingerprint density at radius 2 is 1.79 bits per heavy atom. The molecular formula is C24H27N5O3S. The van der Waals surface area contributed by atoms with Crippen LogP contribution >= 0.6 is 11.8 Å². The molecular weight excluding hydrogens is 438 g/mol. The van der Waals surface area contributed by atoms with Gasteiger partial charge in [-0.2, -0.15) is 0 Å². The second kappa shape index (κ2) is 11.3. The lowest BCUT2D eigenvalue weighted by Gasteiger charge is -2.11. The minimum absolute atomic E-state index is 0.0220. The molecule has 1 aromatic heterocycles. The summed E-state index contributed by atoms with van der Waals surface area (Å²) in [5.74, 6) is 0.832. The van der Waals surface area contributed by atoms with E-state index in [-0.39, 0.29) is 24.0 Å². The van der Waals surface area contributed by atoms with Crippen LogP contribution in [0.4, 0.5) is 11.4 Å². The van der Waals surface area contributed by atoms with Crippen LogP contribution in [0.2, 0.25) is 0 Å². The van der Waals surface area contributed by atoms with Gasteiger partial charge in [-0.3, -0.25) is 9.59 Å². The second-order valence-electron chi connectivity index (χ2n) is 7.31. The predicted molar refractivity (Wildman–Crippen MR) is 131 cm³/mol. The Morgan fingerprint density at radius 3 is 2.55 bits per heavy atom. The zero-order valence-corrected chi connectivity index (χ0v) is 19.7. The van der Waals surface area contributed by atoms with E-state index in [4.69, 9.17) is 4.74 Å². The molecule has 0 atom stereocenters. The highest BCUT2D eigenvalue weighted by molar-refractivity contribution is 7.99. The molecule has 0 bridgehead atoms. The summed E-state index contributed by atoms with van der Waals surface area (Å²) in [5.41, 5.74) is 3.52. The van der Waals surface area contributed by atoms with Gasteiger partial charge in [0, 0.05) is 12.2 Å². The average molecular weight is 466 g/mol. The van der Waals surface area contributed by atoms with Crippen LogP contribution in [0.25, 0.3) is 0 Å². The van der Waals surface area contributed by atoms with Gasteiger partial charge in [0.15, 0.2) is 5.16 Å². The van der Waals surface area contributed by atoms with Crippen molar-refractivity contribution in [3.63, 3.8) is 0 Å². The number of amides is 2. The summed E-state index contributed by atoms with van der Waals surface area (Å²) in [7, 11) is 1.55. The van der Waals surface area contributed by atoms with Crippen LogP contribution in [0.5, 0.6) is 5.75 Å². The van der Waals surface area contributed by atoms with E-state index in [0.29, 0.717) is 29.0 Å². The quantitative estimate of drug-likeness (QED) is 0.347. The highest BCUT2D eigenvalue weighted by Gasteiger charge is 2.17. The predicted octanol–water partition coefficient (Wildman–Crippen LogP) is 4.00. The van der Waals surface area contributed by atoms with E-state index in [1.807, 2.05) is 44.2 Å². The van der Waals surface area contributed by atoms with Gasteiger partial charge in [-0.25, -0.2) is 0 Å². The zero-order chi connectivity index (χ0) is 23.8. The third-order valence-corrected chi connectivity index (χ3v) is 5.98. The minimum atomic E-state index is -0.249. The van der Waals surface area contributed by atoms with E-state index >= 15 is 0 Å². The number of benzene rings is 2. The second-order valence-corrected chi connectivity index (χ2v) is 8.25. The minimum Gasteiger partial charge on any atom is -0.495 e. The van der Waals surface area contributed by atoms with Gasteiger partial charge in [0.1, 0.15) is 11.6 Å². The van der Waals surface area contributed by atoms with Crippen molar-refractivity contribution < 1.29 is 14.3 Å². The summed E-state index contributed by atoms with van der Waals surface area (Å²) in [4.78, 5) is 25.1. The number of anilines is 2. The van der Waals surface area contributed by atoms with Gasteiger partial charge in [-0.05, 0) is 43.2 Å². The summed E-state index contributed by atoms with van der Waals surface area (Å²) < 4.78 is 7.05. The number of methoxy groups -OCH3 is 1. The summed E-state index contributed by atoms with van der Waals surface area (Å²) in [6, 6.07) is 13.0. The lowest BCUT2D eigenvalue weighted by Crippen LogP contribution is -2.18. The van der Waals surface area contributed by atoms with Crippen LogP contribution < -0.4 is 15.4 Å². The van der Waals surface area contributed by atoms with E-state index in [1.165, 1.54) is 11.8 Å². The molecule has 0 fully saturated rings. The number of rotatable bonds is 10. The van der Waals surface area contributed by atoms with Crippen molar-refractivity contribution in [2.45, 2.75) is 32.0 Å². The molecule has 3 aromatic rings. The molecule has 2 amide bonds. The van der Waals surface area contributed by atoms with Crippen LogP contribution in [0.15, 0.2) is 60.3 Å². The van der Waals surface area contributed by atoms with E-state index < -0.39 is 0 Å². The standard InChI is InChI=1S/C24H27N5O3S/c1-5-13-29-21(14-22(30)26-19-10-6-7-12-20(19)32-4)27-28-24(29)33-15-23(31)25-18-11-8-9-16(2)17(18)3/h5-12H,1,13-15H2,2-4H3,(H,25,31)(H,26,30). The van der Waals surface area contributed by atoms with Crippen molar-refractivity contribution in [3.05, 3.63) is 72.1 Å². The van der Waals surface area contributed by atoms with E-state index in [0.717, 1.165) is 16.8 Å². The number of aromatic nitrogens is 3. The van der Waals surface area contributed by atoms with Crippen LogP contribution in [0.3, 0.4) is 0 Å². The first-order valence-corrected chi connectivity index (χ1v) is 11.4. The molecule has 0 aliphatic carbocycles. The number of allylic oxidation sites excluding steroid dienone is 1. The number of aryl methyl sites for hydroxylation is 1. The van der Waals surface area contributed by atoms with Gasteiger partial charge in [-0.1, -0.05) is 42.1 Å². The number of carbonyl (C=O) groups is 2. The number of hydrogen-bond donors (Lipinski definition) is 2. The van der Waals surface area contributed by atoms with Crippen LogP contribution in [0.1, 0.15) is 17.0 Å². The fourth-order valence-electron chi connectivity index (χ4n) is 3.16. The fraction of sp³-hybridized carbons (Fsp3) is 0.250. The van der Waals surface area contributed by atoms with E-state index in [2.05, 4.69) is 27.4 Å². The smallest absolute Gasteiger partial charge is 0.234 e. The van der Waals surface area contributed by atoms with Gasteiger partial charge in [-0.15, -0.1) is 16.8 Å². The van der Waals surface area contributed by atoms with Crippen molar-refractivity contribution >= 4 is 35.0 Å². The number of ether oxygens (including phenoxy) is 1. The third kappa shape index (κ3) is 6.23. The molecule has 1 heterocycles. The SMILES string of the molecule is C=CCn1c(CC(=O)Nc2ccccc2OC)nnc1SCC(=O)Nc1cccc(C)c1C. The summed E-state index contributed by atoms with van der Waals surface area (Å²) in [6.45, 7) is 8.17. The topological polar surface area (TPSA) is 98.1 Å². The lowest BCUT2D eigenvalue weighted by molar-refractivity contribution is -0.116. The molecule has 9 heteroatoms. The molecule has 0 saturated carbocycles. The summed E-state index contributed by atoms with van der Waals surface area (Å²) in [6.07, 6.45) is 1.72. The normalized spacial score (nSPS) is 10.5. The van der Waals surface area contributed by atoms with Crippen LogP contribution in [-0.4, -0.2) is 39.4 Å². The monoisotopic (exact) mass is 465 g/mol. The molecule has 0 saturated heterocycles. The number of carbonyl (C=O) groups excluding carboxylic acids is 2. The van der Waals surface area contributed by atoms with Gasteiger partial charge in [0.2, 0.25) is 11.8 Å². The maximum absolute atomic E-state index is 12.6. The maximum Gasteiger partial charge on any atom is 0.234 e. The van der Waals surface area contributed by atoms with Crippen molar-refractivity contribution in [1.29, 1.82) is 0 Å². The highest BCUT2D eigenvalue weighted by Crippen LogP contribution is 2.24. The molecule has 33 heavy (non-hydrogen) atoms. The summed E-state index contributed by atoms with van der Waals surface area (Å²) in [5, 5.41) is 14.7. The first kappa shape index (κ1) is 24.1. The molecule has 2 aromatic carbocycles. The highest BCUT2D eigenvalue weighted by atomic mass is 32.2. The Hall–Kier alpha value is -3.59. The van der Waals surface area contributed by atoms with Crippen molar-refractivity contribution in [2.24, 2.45) is 0 Å². The average Bonchev–Trinajstić information content (AvgIpc) is 3.17. The molecule has 2 N–H and O–H groups in total. The van der Waals surface area contributed by atoms with Crippen molar-refractivity contribution in [2.75, 3.05) is 23.5 Å². The number of nitrogens with one attached hydrogen (secondary N) is 2. The van der Waals surface area contributed by atoms with Gasteiger partial charge < -0.3 is 19.9 Å². The van der Waals surface area contributed by atoms with E-state index in [1.54, 1.807) is 29.9 Å². The van der Waals surface area contributed by atoms with Crippen LogP contribution in [0, 0.1) is 13.8 Å². The lowest BCUT2D eigenvalue weighted by atomic mass is 10.1. The largest absolute Gasteiger partial charge is 0.495 e. The molecule has 0 aliphatic heterocycles. The Bertz CT molecular complexity index is 1160. The van der Waals surface area contributed by atoms with E-state index in [9.17, 15) is 9.59 Å². The van der Waals surface area contributed by atoms with Gasteiger partial charge in [0.25, 0.3) is 0 Å². The molecule has 0 radical (unpaired) electrons. The molecule has 0 aliphatic rings. The van der Waals surface area contributed by atoms with Gasteiger partial charge >= 0.3 is 0 Å². The first-order valence-electron chi connectivity index (χ1n) is 10.4. The van der Waals surface area contributed by atoms with Crippen LogP contribution in [-0.2, 0) is 22.6 Å². The Balaban J connectivity index is 1.65. The Morgan fingerprint density at radius 1 is 1.06 bits per heavy atom. The molecule has 8 nitrogen and oxygen atoms in total. The van der Waals surface area contributed by atoms with Crippen molar-refractivity contribution in [1.82, 2.24) is 14.8 Å². The molecule has 0 spiro atoms. The molecule has 0 unspecified atom stereocenters. The first-order chi connectivity index (χ1) is 15.9. The number of thioether (sulfide) groups is 1. The zero-order valence-electron chi connectivity index (χ0n) is 18.9. The van der Waals surface area contributed by atoms with Crippen molar-refractivity contribution in [3.8, 4) is 5.75 Å². The maximum atomic E-state index is 12.6. The Kier molecular flexibility index (Phi) is 8.26. The number of para-hydroxylation sites is 2. The summed E-state index contributed by atoms with van der Waals surface area (Å²) >= 11 is 1.26. The van der Waals surface area contributed by atoms with Gasteiger partial charge in [0.05, 0.1) is 25.0 Å². The fourth-order valence-corrected chi connectivity index (χ4v) is 3.92. The number of nitrogens with zero attached hydrogens (tertiary/aromatic N) is 3. The molecule has 172 valence electrons.